The molecule has 0 aliphatic carbocycles. The van der Waals surface area contributed by atoms with Gasteiger partial charge < -0.3 is 14.9 Å². The van der Waals surface area contributed by atoms with Crippen molar-refractivity contribution in [3.05, 3.63) is 46.4 Å². The molecule has 5 heteroatoms. The minimum absolute atomic E-state index is 0.0125. The van der Waals surface area contributed by atoms with Crippen molar-refractivity contribution in [2.45, 2.75) is 13.5 Å². The zero-order chi connectivity index (χ0) is 11.5. The van der Waals surface area contributed by atoms with Crippen LogP contribution in [0.2, 0.25) is 0 Å². The van der Waals surface area contributed by atoms with Gasteiger partial charge in [0, 0.05) is 25.0 Å². The molecule has 0 aromatic carbocycles. The largest absolute Gasteiger partial charge is 0.378 e. The number of nitrogens with one attached hydrogen (secondary N) is 2. The summed E-state index contributed by atoms with van der Waals surface area (Å²) in [6.45, 7) is 2.62. The maximum Gasteiger partial charge on any atom is 0.250 e. The van der Waals surface area contributed by atoms with E-state index in [1.165, 1.54) is 0 Å². The topological polar surface area (TPSA) is 62.7 Å². The van der Waals surface area contributed by atoms with E-state index in [0.29, 0.717) is 6.54 Å². The summed E-state index contributed by atoms with van der Waals surface area (Å²) in [5, 5.41) is 3.21. The van der Waals surface area contributed by atoms with Gasteiger partial charge in [-0.3, -0.25) is 4.79 Å². The summed E-state index contributed by atoms with van der Waals surface area (Å²) in [6, 6.07) is 3.31. The van der Waals surface area contributed by atoms with Crippen molar-refractivity contribution in [2.24, 2.45) is 7.05 Å². The van der Waals surface area contributed by atoms with Crippen LogP contribution in [0.25, 0.3) is 0 Å². The highest BCUT2D eigenvalue weighted by molar-refractivity contribution is 5.40. The minimum atomic E-state index is -0.0125. The Balaban J connectivity index is 2.08. The molecule has 2 aromatic rings. The van der Waals surface area contributed by atoms with Crippen LogP contribution in [0.5, 0.6) is 0 Å². The second kappa shape index (κ2) is 4.22. The van der Waals surface area contributed by atoms with Gasteiger partial charge in [0.2, 0.25) is 5.56 Å². The van der Waals surface area contributed by atoms with E-state index in [1.54, 1.807) is 36.3 Å². The third-order valence-corrected chi connectivity index (χ3v) is 2.48. The predicted molar refractivity (Wildman–Crippen MR) is 62.3 cm³/mol. The van der Waals surface area contributed by atoms with E-state index in [0.717, 1.165) is 17.1 Å². The van der Waals surface area contributed by atoms with Gasteiger partial charge in [0.15, 0.2) is 0 Å². The Morgan fingerprint density at radius 1 is 1.50 bits per heavy atom. The molecule has 0 aliphatic heterocycles. The quantitative estimate of drug-likeness (QED) is 0.808. The van der Waals surface area contributed by atoms with Crippen LogP contribution in [0.1, 0.15) is 11.4 Å². The molecule has 0 spiro atoms. The van der Waals surface area contributed by atoms with Gasteiger partial charge in [-0.2, -0.15) is 0 Å². The van der Waals surface area contributed by atoms with Gasteiger partial charge in [-0.15, -0.1) is 0 Å². The van der Waals surface area contributed by atoms with Gasteiger partial charge in [0.25, 0.3) is 0 Å². The third-order valence-electron chi connectivity index (χ3n) is 2.48. The molecule has 0 saturated carbocycles. The summed E-state index contributed by atoms with van der Waals surface area (Å²) in [5.41, 5.74) is 2.93. The van der Waals surface area contributed by atoms with E-state index < -0.39 is 0 Å². The fraction of sp³-hybridized carbons (Fsp3) is 0.273. The van der Waals surface area contributed by atoms with Crippen molar-refractivity contribution < 1.29 is 0 Å². The molecule has 0 fully saturated rings. The number of aryl methyl sites for hydroxylation is 2. The number of imidazole rings is 1. The average Bonchev–Trinajstić information content (AvgIpc) is 2.66. The molecule has 0 atom stereocenters. The number of H-pyrrole nitrogens is 1. The van der Waals surface area contributed by atoms with E-state index in [-0.39, 0.29) is 5.56 Å². The fourth-order valence-corrected chi connectivity index (χ4v) is 1.45. The molecule has 16 heavy (non-hydrogen) atoms. The molecule has 0 amide bonds. The molecule has 2 N–H and O–H groups in total. The molecule has 0 unspecified atom stereocenters. The Bertz CT molecular complexity index is 541. The standard InChI is InChI=1S/C11H14N4O/c1-8-10(14-7-13-8)5-12-9-3-4-11(16)15(2)6-9/h3-4,6-7,12H,5H2,1-2H3,(H,13,14). The number of hydrogen-bond donors (Lipinski definition) is 2. The highest BCUT2D eigenvalue weighted by Crippen LogP contribution is 2.06. The lowest BCUT2D eigenvalue weighted by Crippen LogP contribution is -2.15. The van der Waals surface area contributed by atoms with Gasteiger partial charge in [0.05, 0.1) is 24.3 Å². The molecule has 0 bridgehead atoms. The van der Waals surface area contributed by atoms with E-state index >= 15 is 0 Å². The van der Waals surface area contributed by atoms with Crippen LogP contribution < -0.4 is 10.9 Å². The zero-order valence-corrected chi connectivity index (χ0v) is 9.32. The van der Waals surface area contributed by atoms with Crippen molar-refractivity contribution in [3.63, 3.8) is 0 Å². The van der Waals surface area contributed by atoms with Crippen molar-refractivity contribution >= 4 is 5.69 Å². The van der Waals surface area contributed by atoms with Gasteiger partial charge in [-0.25, -0.2) is 4.98 Å². The van der Waals surface area contributed by atoms with Crippen molar-refractivity contribution in [1.82, 2.24) is 14.5 Å². The molecular weight excluding hydrogens is 204 g/mol. The molecule has 84 valence electrons. The predicted octanol–water partition coefficient (Wildman–Crippen LogP) is 1.03. The number of pyridine rings is 1. The SMILES string of the molecule is Cc1[nH]cnc1CNc1ccc(=O)n(C)c1. The normalized spacial score (nSPS) is 10.4. The lowest BCUT2D eigenvalue weighted by atomic mass is 10.3. The van der Waals surface area contributed by atoms with Crippen LogP contribution in [0.3, 0.4) is 0 Å². The second-order valence-electron chi connectivity index (χ2n) is 3.69. The number of rotatable bonds is 3. The molecule has 2 aromatic heterocycles. The Labute approximate surface area is 93.2 Å². The van der Waals surface area contributed by atoms with Gasteiger partial charge in [-0.1, -0.05) is 0 Å². The summed E-state index contributed by atoms with van der Waals surface area (Å²) in [5.74, 6) is 0. The monoisotopic (exact) mass is 218 g/mol. The Morgan fingerprint density at radius 2 is 2.31 bits per heavy atom. The van der Waals surface area contributed by atoms with E-state index in [1.807, 2.05) is 6.92 Å². The summed E-state index contributed by atoms with van der Waals surface area (Å²) in [6.07, 6.45) is 3.44. The van der Waals surface area contributed by atoms with Crippen molar-refractivity contribution in [3.8, 4) is 0 Å². The fourth-order valence-electron chi connectivity index (χ4n) is 1.45. The maximum absolute atomic E-state index is 11.2. The molecule has 2 heterocycles. The molecule has 0 saturated heterocycles. The number of nitrogens with zero attached hydrogens (tertiary/aromatic N) is 2. The van der Waals surface area contributed by atoms with E-state index in [9.17, 15) is 4.79 Å². The minimum Gasteiger partial charge on any atom is -0.378 e. The van der Waals surface area contributed by atoms with Crippen LogP contribution in [0.4, 0.5) is 5.69 Å². The van der Waals surface area contributed by atoms with Crippen LogP contribution in [-0.4, -0.2) is 14.5 Å². The average molecular weight is 218 g/mol. The van der Waals surface area contributed by atoms with Gasteiger partial charge >= 0.3 is 0 Å². The van der Waals surface area contributed by atoms with Crippen LogP contribution in [0.15, 0.2) is 29.5 Å². The van der Waals surface area contributed by atoms with Crippen LogP contribution >= 0.6 is 0 Å². The number of aromatic nitrogens is 3. The van der Waals surface area contributed by atoms with E-state index in [4.69, 9.17) is 0 Å². The summed E-state index contributed by atoms with van der Waals surface area (Å²) in [4.78, 5) is 18.4. The highest BCUT2D eigenvalue weighted by atomic mass is 16.1. The number of anilines is 1. The first-order valence-corrected chi connectivity index (χ1v) is 5.06. The van der Waals surface area contributed by atoms with Crippen molar-refractivity contribution in [1.29, 1.82) is 0 Å². The van der Waals surface area contributed by atoms with Crippen LogP contribution in [0, 0.1) is 6.92 Å². The second-order valence-corrected chi connectivity index (χ2v) is 3.69. The Hall–Kier alpha value is -2.04. The first-order valence-electron chi connectivity index (χ1n) is 5.06. The first-order chi connectivity index (χ1) is 7.66. The number of hydrogen-bond acceptors (Lipinski definition) is 3. The lowest BCUT2D eigenvalue weighted by molar-refractivity contribution is 0.858. The molecular formula is C11H14N4O. The third kappa shape index (κ3) is 2.13. The molecule has 0 radical (unpaired) electrons. The molecule has 0 aliphatic rings. The summed E-state index contributed by atoms with van der Waals surface area (Å²) in [7, 11) is 1.73. The highest BCUT2D eigenvalue weighted by Gasteiger charge is 2.00. The van der Waals surface area contributed by atoms with Crippen LogP contribution in [-0.2, 0) is 13.6 Å². The summed E-state index contributed by atoms with van der Waals surface area (Å²) >= 11 is 0. The van der Waals surface area contributed by atoms with Crippen molar-refractivity contribution in [2.75, 3.05) is 5.32 Å². The Morgan fingerprint density at radius 3 is 2.94 bits per heavy atom. The summed E-state index contributed by atoms with van der Waals surface area (Å²) < 4.78 is 1.54. The smallest absolute Gasteiger partial charge is 0.250 e. The lowest BCUT2D eigenvalue weighted by Gasteiger charge is -2.06. The molecule has 2 rings (SSSR count). The molecule has 5 nitrogen and oxygen atoms in total. The number of aromatic amines is 1. The maximum atomic E-state index is 11.2. The Kier molecular flexibility index (Phi) is 2.76. The first kappa shape index (κ1) is 10.5. The van der Waals surface area contributed by atoms with Gasteiger partial charge in [-0.05, 0) is 13.0 Å². The zero-order valence-electron chi connectivity index (χ0n) is 9.32. The van der Waals surface area contributed by atoms with E-state index in [2.05, 4.69) is 15.3 Å². The van der Waals surface area contributed by atoms with Gasteiger partial charge in [0.1, 0.15) is 0 Å².